The van der Waals surface area contributed by atoms with Gasteiger partial charge in [0.15, 0.2) is 0 Å². The molecule has 0 unspecified atom stereocenters. The molecule has 0 spiro atoms. The van der Waals surface area contributed by atoms with Gasteiger partial charge in [-0.15, -0.1) is 0 Å². The van der Waals surface area contributed by atoms with E-state index in [1.54, 1.807) is 22.7 Å². The van der Waals surface area contributed by atoms with E-state index < -0.39 is 0 Å². The largest absolute Gasteiger partial charge is 0.333 e. The fraction of sp³-hybridized carbons (Fsp3) is 0.0500. The molecule has 0 radical (unpaired) electrons. The number of amides is 2. The Balaban J connectivity index is 1.64. The van der Waals surface area contributed by atoms with E-state index in [2.05, 4.69) is 5.32 Å². The number of carbonyl (C=O) groups excluding carboxylic acids is 1. The number of para-hydroxylation sites is 2. The monoisotopic (exact) mass is 400 g/mol. The van der Waals surface area contributed by atoms with Crippen LogP contribution in [0.4, 0.5) is 16.2 Å². The lowest BCUT2D eigenvalue weighted by molar-refractivity contribution is 0.248. The Morgan fingerprint density at radius 1 is 0.885 bits per heavy atom. The van der Waals surface area contributed by atoms with Gasteiger partial charge in [-0.05, 0) is 35.9 Å². The molecule has 0 atom stereocenters. The summed E-state index contributed by atoms with van der Waals surface area (Å²) in [5, 5.41) is 3.89. The number of rotatable bonds is 2. The highest BCUT2D eigenvalue weighted by Crippen LogP contribution is 2.47. The molecule has 1 heterocycles. The zero-order valence-corrected chi connectivity index (χ0v) is 15.9. The number of halogens is 2. The normalized spacial score (nSPS) is 12.3. The van der Waals surface area contributed by atoms with Gasteiger partial charge in [0.05, 0.1) is 21.4 Å². The molecule has 0 saturated heterocycles. The minimum absolute atomic E-state index is 0.207. The second-order valence-electron chi connectivity index (χ2n) is 5.74. The minimum atomic E-state index is -0.207. The number of carbonyl (C=O) groups is 1. The van der Waals surface area contributed by atoms with E-state index in [0.717, 1.165) is 26.7 Å². The molecule has 3 nitrogen and oxygen atoms in total. The van der Waals surface area contributed by atoms with Gasteiger partial charge in [0, 0.05) is 16.3 Å². The van der Waals surface area contributed by atoms with Crippen molar-refractivity contribution in [2.75, 3.05) is 4.90 Å². The summed E-state index contributed by atoms with van der Waals surface area (Å²) in [6.45, 7) is 0.298. The van der Waals surface area contributed by atoms with Gasteiger partial charge < -0.3 is 5.32 Å². The number of anilines is 2. The zero-order valence-electron chi connectivity index (χ0n) is 13.6. The van der Waals surface area contributed by atoms with Crippen LogP contribution in [0.2, 0.25) is 10.0 Å². The fourth-order valence-electron chi connectivity index (χ4n) is 2.86. The topological polar surface area (TPSA) is 32.3 Å². The number of benzene rings is 3. The van der Waals surface area contributed by atoms with E-state index in [4.69, 9.17) is 23.2 Å². The molecule has 3 aromatic rings. The van der Waals surface area contributed by atoms with Gasteiger partial charge in [-0.2, -0.15) is 0 Å². The molecule has 3 aromatic carbocycles. The standard InChI is InChI=1S/C20H14Cl2N2OS/c21-14-7-5-6-13(19(14)22)12-23-20(25)24-15-8-1-3-10-17(15)26-18-11-4-2-9-16(18)24/h1-11H,12H2,(H,23,25). The van der Waals surface area contributed by atoms with Crippen molar-refractivity contribution in [1.29, 1.82) is 0 Å². The SMILES string of the molecule is O=C(NCc1cccc(Cl)c1Cl)N1c2ccccc2Sc2ccccc21. The maximum Gasteiger partial charge on any atom is 0.326 e. The molecule has 1 N–H and O–H groups in total. The Morgan fingerprint density at radius 3 is 2.15 bits per heavy atom. The van der Waals surface area contributed by atoms with Gasteiger partial charge in [-0.3, -0.25) is 4.90 Å². The van der Waals surface area contributed by atoms with Crippen LogP contribution in [0.1, 0.15) is 5.56 Å². The summed E-state index contributed by atoms with van der Waals surface area (Å²) in [5.41, 5.74) is 2.51. The quantitative estimate of drug-likeness (QED) is 0.531. The molecule has 0 saturated carbocycles. The molecule has 26 heavy (non-hydrogen) atoms. The molecule has 130 valence electrons. The summed E-state index contributed by atoms with van der Waals surface area (Å²) >= 11 is 13.9. The number of hydrogen-bond donors (Lipinski definition) is 1. The van der Waals surface area contributed by atoms with E-state index >= 15 is 0 Å². The van der Waals surface area contributed by atoms with E-state index in [9.17, 15) is 4.79 Å². The second-order valence-corrected chi connectivity index (χ2v) is 7.61. The molecular weight excluding hydrogens is 387 g/mol. The van der Waals surface area contributed by atoms with Crippen LogP contribution in [0.15, 0.2) is 76.5 Å². The molecule has 6 heteroatoms. The average Bonchev–Trinajstić information content (AvgIpc) is 2.67. The summed E-state index contributed by atoms with van der Waals surface area (Å²) < 4.78 is 0. The van der Waals surface area contributed by atoms with Crippen LogP contribution in [0.3, 0.4) is 0 Å². The van der Waals surface area contributed by atoms with Crippen molar-refractivity contribution < 1.29 is 4.79 Å². The van der Waals surface area contributed by atoms with Crippen molar-refractivity contribution in [1.82, 2.24) is 5.32 Å². The first-order valence-corrected chi connectivity index (χ1v) is 9.59. The Morgan fingerprint density at radius 2 is 1.50 bits per heavy atom. The lowest BCUT2D eigenvalue weighted by Gasteiger charge is -2.31. The van der Waals surface area contributed by atoms with Crippen LogP contribution in [0, 0.1) is 0 Å². The van der Waals surface area contributed by atoms with Crippen molar-refractivity contribution in [3.8, 4) is 0 Å². The van der Waals surface area contributed by atoms with E-state index in [1.165, 1.54) is 0 Å². The first kappa shape index (κ1) is 17.3. The van der Waals surface area contributed by atoms with Crippen LogP contribution in [-0.4, -0.2) is 6.03 Å². The first-order valence-electron chi connectivity index (χ1n) is 8.02. The molecule has 0 aliphatic carbocycles. The smallest absolute Gasteiger partial charge is 0.326 e. The maximum atomic E-state index is 13.0. The highest BCUT2D eigenvalue weighted by molar-refractivity contribution is 7.99. The predicted molar refractivity (Wildman–Crippen MR) is 108 cm³/mol. The average molecular weight is 401 g/mol. The number of urea groups is 1. The fourth-order valence-corrected chi connectivity index (χ4v) is 4.30. The third-order valence-corrected chi connectivity index (χ3v) is 6.09. The number of nitrogens with zero attached hydrogens (tertiary/aromatic N) is 1. The Bertz CT molecular complexity index is 948. The van der Waals surface area contributed by atoms with Crippen molar-refractivity contribution >= 4 is 52.4 Å². The van der Waals surface area contributed by atoms with Crippen LogP contribution in [0.5, 0.6) is 0 Å². The van der Waals surface area contributed by atoms with Crippen molar-refractivity contribution in [3.05, 3.63) is 82.3 Å². The summed E-state index contributed by atoms with van der Waals surface area (Å²) in [6, 6.07) is 20.9. The van der Waals surface area contributed by atoms with Gasteiger partial charge >= 0.3 is 6.03 Å². The molecule has 1 aliphatic heterocycles. The third kappa shape index (κ3) is 3.16. The molecule has 2 amide bonds. The van der Waals surface area contributed by atoms with Crippen molar-refractivity contribution in [2.24, 2.45) is 0 Å². The van der Waals surface area contributed by atoms with Crippen molar-refractivity contribution in [2.45, 2.75) is 16.3 Å². The minimum Gasteiger partial charge on any atom is -0.333 e. The highest BCUT2D eigenvalue weighted by atomic mass is 35.5. The van der Waals surface area contributed by atoms with Gasteiger partial charge in [0.1, 0.15) is 0 Å². The van der Waals surface area contributed by atoms with E-state index in [1.807, 2.05) is 60.7 Å². The summed E-state index contributed by atoms with van der Waals surface area (Å²) in [6.07, 6.45) is 0. The van der Waals surface area contributed by atoms with Crippen LogP contribution in [0.25, 0.3) is 0 Å². The van der Waals surface area contributed by atoms with Gasteiger partial charge in [0.2, 0.25) is 0 Å². The maximum absolute atomic E-state index is 13.0. The zero-order chi connectivity index (χ0) is 18.1. The lowest BCUT2D eigenvalue weighted by Crippen LogP contribution is -2.37. The third-order valence-electron chi connectivity index (χ3n) is 4.10. The van der Waals surface area contributed by atoms with Gasteiger partial charge in [-0.25, -0.2) is 4.79 Å². The van der Waals surface area contributed by atoms with Crippen LogP contribution in [-0.2, 0) is 6.54 Å². The Hall–Kier alpha value is -2.14. The molecule has 0 bridgehead atoms. The summed E-state index contributed by atoms with van der Waals surface area (Å²) in [5.74, 6) is 0. The molecular formula is C20H14Cl2N2OS. The van der Waals surface area contributed by atoms with E-state index in [0.29, 0.717) is 16.6 Å². The second kappa shape index (κ2) is 7.23. The lowest BCUT2D eigenvalue weighted by atomic mass is 10.2. The van der Waals surface area contributed by atoms with Gasteiger partial charge in [0.25, 0.3) is 0 Å². The van der Waals surface area contributed by atoms with Crippen LogP contribution < -0.4 is 10.2 Å². The predicted octanol–water partition coefficient (Wildman–Crippen LogP) is 6.51. The van der Waals surface area contributed by atoms with Crippen LogP contribution >= 0.6 is 35.0 Å². The Labute approximate surface area is 165 Å². The van der Waals surface area contributed by atoms with E-state index in [-0.39, 0.29) is 6.03 Å². The summed E-state index contributed by atoms with van der Waals surface area (Å²) in [4.78, 5) is 16.8. The molecule has 4 rings (SSSR count). The number of fused-ring (bicyclic) bond motifs is 2. The number of hydrogen-bond acceptors (Lipinski definition) is 2. The van der Waals surface area contributed by atoms with Gasteiger partial charge in [-0.1, -0.05) is 71.4 Å². The number of nitrogens with one attached hydrogen (secondary N) is 1. The molecule has 0 fully saturated rings. The summed E-state index contributed by atoms with van der Waals surface area (Å²) in [7, 11) is 0. The van der Waals surface area contributed by atoms with Crippen molar-refractivity contribution in [3.63, 3.8) is 0 Å². The Kier molecular flexibility index (Phi) is 4.81. The first-order chi connectivity index (χ1) is 12.6. The molecule has 1 aliphatic rings. The molecule has 0 aromatic heterocycles. The highest BCUT2D eigenvalue weighted by Gasteiger charge is 2.27.